The van der Waals surface area contributed by atoms with Gasteiger partial charge in [0.05, 0.1) is 11.3 Å². The third kappa shape index (κ3) is 3.28. The number of carbonyl (C=O) groups excluding carboxylic acids is 1. The average molecular weight is 315 g/mol. The number of amides is 1. The minimum Gasteiger partial charge on any atom is -0.387 e. The molecule has 0 fully saturated rings. The molecule has 0 aliphatic carbocycles. The molecule has 7 heteroatoms. The Morgan fingerprint density at radius 1 is 1.00 bits per heavy atom. The second-order valence-corrected chi connectivity index (χ2v) is 4.58. The van der Waals surface area contributed by atoms with E-state index in [1.807, 2.05) is 0 Å². The molecule has 3 nitrogen and oxygen atoms in total. The number of hydrogen-bond acceptors (Lipinski definition) is 2. The third-order valence-electron chi connectivity index (χ3n) is 2.75. The molecule has 0 aromatic heterocycles. The summed E-state index contributed by atoms with van der Waals surface area (Å²) >= 11 is 5.81. The Labute approximate surface area is 123 Å². The van der Waals surface area contributed by atoms with Crippen molar-refractivity contribution in [3.8, 4) is 0 Å². The van der Waals surface area contributed by atoms with Gasteiger partial charge in [0.1, 0.15) is 5.82 Å². The van der Waals surface area contributed by atoms with Gasteiger partial charge in [0, 0.05) is 29.9 Å². The minimum atomic E-state index is -1.33. The van der Waals surface area contributed by atoms with Crippen molar-refractivity contribution >= 4 is 28.9 Å². The maximum Gasteiger partial charge on any atom is 0.257 e. The smallest absolute Gasteiger partial charge is 0.257 e. The van der Waals surface area contributed by atoms with E-state index in [2.05, 4.69) is 10.6 Å². The summed E-state index contributed by atoms with van der Waals surface area (Å²) in [7, 11) is 1.60. The molecule has 110 valence electrons. The van der Waals surface area contributed by atoms with E-state index < -0.39 is 29.0 Å². The molecule has 2 N–H and O–H groups in total. The van der Waals surface area contributed by atoms with Gasteiger partial charge in [0.2, 0.25) is 0 Å². The number of anilines is 2. The van der Waals surface area contributed by atoms with Crippen molar-refractivity contribution in [1.29, 1.82) is 0 Å². The van der Waals surface area contributed by atoms with Gasteiger partial charge in [-0.2, -0.15) is 0 Å². The highest BCUT2D eigenvalue weighted by Gasteiger charge is 2.16. The lowest BCUT2D eigenvalue weighted by Crippen LogP contribution is -2.15. The van der Waals surface area contributed by atoms with Crippen molar-refractivity contribution in [2.24, 2.45) is 0 Å². The van der Waals surface area contributed by atoms with Gasteiger partial charge in [-0.25, -0.2) is 13.2 Å². The summed E-state index contributed by atoms with van der Waals surface area (Å²) < 4.78 is 39.4. The van der Waals surface area contributed by atoms with Crippen molar-refractivity contribution in [2.75, 3.05) is 17.7 Å². The molecule has 2 aromatic rings. The Balaban J connectivity index is 2.34. The van der Waals surface area contributed by atoms with Crippen LogP contribution in [0.5, 0.6) is 0 Å². The number of nitrogens with one attached hydrogen (secondary N) is 2. The standard InChI is InChI=1S/C14H10ClF3N2O/c1-19-12-3-2-7(15)4-8(12)14(21)20-13-6-10(17)9(16)5-11(13)18/h2-6,19H,1H3,(H,20,21). The first-order valence-corrected chi connectivity index (χ1v) is 6.23. The second kappa shape index (κ2) is 6.05. The molecule has 2 rings (SSSR count). The number of halogens is 4. The van der Waals surface area contributed by atoms with Crippen LogP contribution >= 0.6 is 11.6 Å². The van der Waals surface area contributed by atoms with Gasteiger partial charge in [-0.1, -0.05) is 11.6 Å². The van der Waals surface area contributed by atoms with Crippen molar-refractivity contribution in [2.45, 2.75) is 0 Å². The van der Waals surface area contributed by atoms with Gasteiger partial charge in [0.25, 0.3) is 5.91 Å². The fraction of sp³-hybridized carbons (Fsp3) is 0.0714. The van der Waals surface area contributed by atoms with E-state index >= 15 is 0 Å². The topological polar surface area (TPSA) is 41.1 Å². The lowest BCUT2D eigenvalue weighted by molar-refractivity contribution is 0.102. The quantitative estimate of drug-likeness (QED) is 0.839. The fourth-order valence-electron chi connectivity index (χ4n) is 1.73. The van der Waals surface area contributed by atoms with Crippen LogP contribution in [0.3, 0.4) is 0 Å². The van der Waals surface area contributed by atoms with Gasteiger partial charge >= 0.3 is 0 Å². The van der Waals surface area contributed by atoms with Crippen molar-refractivity contribution in [1.82, 2.24) is 0 Å². The molecule has 0 saturated carbocycles. The van der Waals surface area contributed by atoms with Crippen LogP contribution in [0.4, 0.5) is 24.5 Å². The Bertz CT molecular complexity index is 707. The lowest BCUT2D eigenvalue weighted by Gasteiger charge is -2.11. The first-order chi connectivity index (χ1) is 9.92. The molecule has 0 bridgehead atoms. The molecular weight excluding hydrogens is 305 g/mol. The monoisotopic (exact) mass is 314 g/mol. The van der Waals surface area contributed by atoms with E-state index in [0.717, 1.165) is 0 Å². The van der Waals surface area contributed by atoms with Crippen LogP contribution in [0.15, 0.2) is 30.3 Å². The minimum absolute atomic E-state index is 0.147. The van der Waals surface area contributed by atoms with E-state index in [1.165, 1.54) is 6.07 Å². The number of rotatable bonds is 3. The van der Waals surface area contributed by atoms with Gasteiger partial charge in [-0.3, -0.25) is 4.79 Å². The molecule has 21 heavy (non-hydrogen) atoms. The molecule has 0 heterocycles. The molecule has 0 aliphatic heterocycles. The maximum atomic E-state index is 13.5. The largest absolute Gasteiger partial charge is 0.387 e. The van der Waals surface area contributed by atoms with Gasteiger partial charge in [-0.05, 0) is 18.2 Å². The highest BCUT2D eigenvalue weighted by atomic mass is 35.5. The van der Waals surface area contributed by atoms with E-state index in [0.29, 0.717) is 22.8 Å². The number of hydrogen-bond donors (Lipinski definition) is 2. The lowest BCUT2D eigenvalue weighted by atomic mass is 10.1. The molecule has 1 amide bonds. The highest BCUT2D eigenvalue weighted by molar-refractivity contribution is 6.31. The zero-order chi connectivity index (χ0) is 15.6. The Morgan fingerprint density at radius 2 is 1.67 bits per heavy atom. The summed E-state index contributed by atoms with van der Waals surface area (Å²) in [5.41, 5.74) is 0.148. The van der Waals surface area contributed by atoms with Crippen LogP contribution in [0.1, 0.15) is 10.4 Å². The Kier molecular flexibility index (Phi) is 4.37. The van der Waals surface area contributed by atoms with Crippen molar-refractivity contribution < 1.29 is 18.0 Å². The van der Waals surface area contributed by atoms with Crippen LogP contribution in [-0.4, -0.2) is 13.0 Å². The van der Waals surface area contributed by atoms with Crippen LogP contribution in [0.2, 0.25) is 5.02 Å². The summed E-state index contributed by atoms with van der Waals surface area (Å²) in [6, 6.07) is 5.45. The van der Waals surface area contributed by atoms with Gasteiger partial charge < -0.3 is 10.6 Å². The predicted molar refractivity (Wildman–Crippen MR) is 75.3 cm³/mol. The Morgan fingerprint density at radius 3 is 2.33 bits per heavy atom. The van der Waals surface area contributed by atoms with Gasteiger partial charge in [0.15, 0.2) is 11.6 Å². The zero-order valence-electron chi connectivity index (χ0n) is 10.8. The van der Waals surface area contributed by atoms with Crippen molar-refractivity contribution in [3.05, 3.63) is 58.4 Å². The molecule has 0 aliphatic rings. The van der Waals surface area contributed by atoms with Crippen LogP contribution in [0.25, 0.3) is 0 Å². The molecule has 0 radical (unpaired) electrons. The first kappa shape index (κ1) is 15.2. The fourth-order valence-corrected chi connectivity index (χ4v) is 1.90. The van der Waals surface area contributed by atoms with E-state index in [1.54, 1.807) is 19.2 Å². The van der Waals surface area contributed by atoms with E-state index in [4.69, 9.17) is 11.6 Å². The van der Waals surface area contributed by atoms with Crippen LogP contribution in [0, 0.1) is 17.5 Å². The number of benzene rings is 2. The molecule has 0 spiro atoms. The van der Waals surface area contributed by atoms with Gasteiger partial charge in [-0.15, -0.1) is 0 Å². The molecule has 0 saturated heterocycles. The summed E-state index contributed by atoms with van der Waals surface area (Å²) in [5, 5.41) is 5.26. The third-order valence-corrected chi connectivity index (χ3v) is 2.99. The van der Waals surface area contributed by atoms with Crippen LogP contribution < -0.4 is 10.6 Å². The second-order valence-electron chi connectivity index (χ2n) is 4.14. The Hall–Kier alpha value is -2.21. The SMILES string of the molecule is CNc1ccc(Cl)cc1C(=O)Nc1cc(F)c(F)cc1F. The molecule has 2 aromatic carbocycles. The van der Waals surface area contributed by atoms with Crippen molar-refractivity contribution in [3.63, 3.8) is 0 Å². The van der Waals surface area contributed by atoms with E-state index in [9.17, 15) is 18.0 Å². The summed E-state index contributed by atoms with van der Waals surface area (Å²) in [4.78, 5) is 12.1. The predicted octanol–water partition coefficient (Wildman–Crippen LogP) is 4.05. The number of carbonyl (C=O) groups is 1. The highest BCUT2D eigenvalue weighted by Crippen LogP contribution is 2.23. The summed E-state index contributed by atoms with van der Waals surface area (Å²) in [6.45, 7) is 0. The maximum absolute atomic E-state index is 13.5. The molecule has 0 atom stereocenters. The van der Waals surface area contributed by atoms with E-state index in [-0.39, 0.29) is 5.56 Å². The molecule has 0 unspecified atom stereocenters. The average Bonchev–Trinajstić information content (AvgIpc) is 2.44. The summed E-state index contributed by atoms with van der Waals surface area (Å²) in [6.07, 6.45) is 0. The summed E-state index contributed by atoms with van der Waals surface area (Å²) in [5.74, 6) is -4.36. The zero-order valence-corrected chi connectivity index (χ0v) is 11.6. The first-order valence-electron chi connectivity index (χ1n) is 5.85. The molecular formula is C14H10ClF3N2O. The van der Waals surface area contributed by atoms with Crippen LogP contribution in [-0.2, 0) is 0 Å². The normalized spacial score (nSPS) is 10.3.